The van der Waals surface area contributed by atoms with Gasteiger partial charge in [0.1, 0.15) is 24.0 Å². The lowest BCUT2D eigenvalue weighted by Gasteiger charge is -2.33. The molecular formula is C34H40N4O9S. The highest BCUT2D eigenvalue weighted by atomic mass is 32.2. The number of piperidine rings is 1. The lowest BCUT2D eigenvalue weighted by molar-refractivity contribution is -0.140. The highest BCUT2D eigenvalue weighted by Gasteiger charge is 2.37. The first kappa shape index (κ1) is 35.8. The maximum Gasteiger partial charge on any atom is 0.425 e. The minimum absolute atomic E-state index is 0.124. The molecule has 256 valence electrons. The van der Waals surface area contributed by atoms with E-state index in [1.54, 1.807) is 65.6 Å². The summed E-state index contributed by atoms with van der Waals surface area (Å²) in [5.41, 5.74) is 0.601. The maximum absolute atomic E-state index is 14.2. The van der Waals surface area contributed by atoms with Crippen molar-refractivity contribution in [3.63, 3.8) is 0 Å². The van der Waals surface area contributed by atoms with Crippen LogP contribution in [-0.4, -0.2) is 80.8 Å². The van der Waals surface area contributed by atoms with Crippen LogP contribution in [0, 0.1) is 11.3 Å². The molecule has 4 rings (SSSR count). The number of carbonyl (C=O) groups excluding carboxylic acids is 3. The van der Waals surface area contributed by atoms with Crippen LogP contribution in [0.15, 0.2) is 60.7 Å². The molecule has 0 radical (unpaired) electrons. The number of anilines is 1. The minimum atomic E-state index is -4.73. The van der Waals surface area contributed by atoms with Crippen LogP contribution in [0.3, 0.4) is 0 Å². The van der Waals surface area contributed by atoms with Gasteiger partial charge in [-0.2, -0.15) is 18.0 Å². The molecule has 1 saturated heterocycles. The molecule has 3 aromatic rings. The van der Waals surface area contributed by atoms with Crippen LogP contribution in [0.1, 0.15) is 51.7 Å². The number of nitriles is 1. The van der Waals surface area contributed by atoms with Crippen molar-refractivity contribution in [3.8, 4) is 11.8 Å². The number of nitrogens with zero attached hydrogens (tertiary/aromatic N) is 4. The van der Waals surface area contributed by atoms with Gasteiger partial charge in [-0.05, 0) is 86.5 Å². The summed E-state index contributed by atoms with van der Waals surface area (Å²) < 4.78 is 50.9. The summed E-state index contributed by atoms with van der Waals surface area (Å²) >= 11 is 0. The number of rotatable bonds is 10. The smallest absolute Gasteiger partial charge is 0.425 e. The highest BCUT2D eigenvalue weighted by molar-refractivity contribution is 7.91. The molecule has 13 nitrogen and oxygen atoms in total. The first-order valence-electron chi connectivity index (χ1n) is 15.5. The zero-order chi connectivity index (χ0) is 35.1. The van der Waals surface area contributed by atoms with Gasteiger partial charge in [0.25, 0.3) is 0 Å². The molecule has 1 fully saturated rings. The average molecular weight is 681 g/mol. The first-order valence-corrected chi connectivity index (χ1v) is 16.8. The fourth-order valence-corrected chi connectivity index (χ4v) is 6.49. The molecule has 0 aromatic heterocycles. The second-order valence-corrected chi connectivity index (χ2v) is 13.9. The number of hydrogen-bond donors (Lipinski definition) is 0. The van der Waals surface area contributed by atoms with Gasteiger partial charge in [-0.1, -0.05) is 18.2 Å². The third-order valence-corrected chi connectivity index (χ3v) is 9.14. The van der Waals surface area contributed by atoms with Gasteiger partial charge >= 0.3 is 28.4 Å². The highest BCUT2D eigenvalue weighted by Crippen LogP contribution is 2.29. The summed E-state index contributed by atoms with van der Waals surface area (Å²) in [5, 5.41) is 10.9. The number of ether oxygens (including phenoxy) is 4. The Hall–Kier alpha value is -5.03. The quantitative estimate of drug-likeness (QED) is 0.201. The average Bonchev–Trinajstić information content (AvgIpc) is 3.05. The Bertz CT molecular complexity index is 1770. The largest absolute Gasteiger partial charge is 0.490 e. The number of carbonyl (C=O) groups is 3. The van der Waals surface area contributed by atoms with E-state index in [2.05, 4.69) is 10.8 Å². The molecule has 14 heteroatoms. The Labute approximate surface area is 280 Å². The van der Waals surface area contributed by atoms with Crippen LogP contribution in [0.4, 0.5) is 15.3 Å². The fourth-order valence-electron chi connectivity index (χ4n) is 5.04. The van der Waals surface area contributed by atoms with E-state index >= 15 is 0 Å². The van der Waals surface area contributed by atoms with Crippen molar-refractivity contribution in [2.24, 2.45) is 0 Å². The molecule has 0 bridgehead atoms. The van der Waals surface area contributed by atoms with Crippen molar-refractivity contribution in [1.82, 2.24) is 9.21 Å². The predicted octanol–water partition coefficient (Wildman–Crippen LogP) is 5.37. The Kier molecular flexibility index (Phi) is 11.4. The van der Waals surface area contributed by atoms with E-state index in [0.29, 0.717) is 47.1 Å². The first-order chi connectivity index (χ1) is 22.7. The van der Waals surface area contributed by atoms with Crippen molar-refractivity contribution >= 4 is 44.8 Å². The summed E-state index contributed by atoms with van der Waals surface area (Å²) in [6, 6.07) is 18.9. The number of fused-ring (bicyclic) bond motifs is 1. The van der Waals surface area contributed by atoms with Crippen LogP contribution < -0.4 is 9.04 Å². The molecule has 0 N–H and O–H groups in total. The van der Waals surface area contributed by atoms with Crippen molar-refractivity contribution in [3.05, 3.63) is 71.8 Å². The topological polar surface area (TPSA) is 156 Å². The summed E-state index contributed by atoms with van der Waals surface area (Å²) in [7, 11) is -3.64. The molecule has 0 unspecified atom stereocenters. The number of likely N-dealkylation sites (tertiary alicyclic amines) is 1. The summed E-state index contributed by atoms with van der Waals surface area (Å²) in [6.45, 7) is 6.65. The Morgan fingerprint density at radius 2 is 1.65 bits per heavy atom. The van der Waals surface area contributed by atoms with Crippen molar-refractivity contribution in [2.75, 3.05) is 37.7 Å². The summed E-state index contributed by atoms with van der Waals surface area (Å²) in [5.74, 6) is -0.471. The molecule has 1 aliphatic rings. The van der Waals surface area contributed by atoms with Gasteiger partial charge in [0, 0.05) is 25.9 Å². The number of hydrogen-bond acceptors (Lipinski definition) is 10. The molecule has 1 aliphatic heterocycles. The monoisotopic (exact) mass is 680 g/mol. The molecule has 1 heterocycles. The Morgan fingerprint density at radius 1 is 0.979 bits per heavy atom. The molecule has 0 saturated carbocycles. The maximum atomic E-state index is 14.2. The van der Waals surface area contributed by atoms with E-state index in [9.17, 15) is 28.1 Å². The summed E-state index contributed by atoms with van der Waals surface area (Å²) in [4.78, 5) is 39.2. The molecule has 2 amide bonds. The van der Waals surface area contributed by atoms with E-state index < -0.39 is 34.4 Å². The van der Waals surface area contributed by atoms with E-state index in [4.69, 9.17) is 14.2 Å². The van der Waals surface area contributed by atoms with Gasteiger partial charge in [-0.15, -0.1) is 0 Å². The van der Waals surface area contributed by atoms with Gasteiger partial charge < -0.3 is 23.8 Å². The molecular weight excluding hydrogens is 640 g/mol. The van der Waals surface area contributed by atoms with Crippen LogP contribution in [-0.2, 0) is 35.8 Å². The lowest BCUT2D eigenvalue weighted by Crippen LogP contribution is -2.49. The predicted molar refractivity (Wildman–Crippen MR) is 177 cm³/mol. The molecule has 0 aliphatic carbocycles. The Morgan fingerprint density at radius 3 is 2.25 bits per heavy atom. The van der Waals surface area contributed by atoms with E-state index in [0.717, 1.165) is 22.2 Å². The number of amides is 2. The van der Waals surface area contributed by atoms with E-state index in [-0.39, 0.29) is 31.0 Å². The van der Waals surface area contributed by atoms with Gasteiger partial charge in [-0.25, -0.2) is 13.9 Å². The molecule has 3 aromatic carbocycles. The van der Waals surface area contributed by atoms with Crippen molar-refractivity contribution in [2.45, 2.75) is 58.8 Å². The second-order valence-electron chi connectivity index (χ2n) is 12.1. The second kappa shape index (κ2) is 15.2. The molecule has 0 spiro atoms. The van der Waals surface area contributed by atoms with Gasteiger partial charge in [0.15, 0.2) is 0 Å². The normalized spacial score (nSPS) is 13.7. The third-order valence-electron chi connectivity index (χ3n) is 7.41. The van der Waals surface area contributed by atoms with Crippen LogP contribution in [0.25, 0.3) is 10.8 Å². The fraction of sp³-hybridized carbons (Fsp3) is 0.412. The Balaban J connectivity index is 1.61. The van der Waals surface area contributed by atoms with Crippen molar-refractivity contribution in [1.29, 1.82) is 5.26 Å². The SMILES string of the molecule is CCOC(=O)N(CC(=O)OC)S(=O)(=O)N(Cc1ccc2ccc(C#N)cc2c1)c1ccc(OC2CCN(C(=O)OC(C)(C)C)CC2)cc1. The zero-order valence-electron chi connectivity index (χ0n) is 27.7. The minimum Gasteiger partial charge on any atom is -0.490 e. The van der Waals surface area contributed by atoms with Crippen LogP contribution >= 0.6 is 0 Å². The third kappa shape index (κ3) is 9.07. The number of benzene rings is 3. The van der Waals surface area contributed by atoms with Crippen LogP contribution in [0.2, 0.25) is 0 Å². The van der Waals surface area contributed by atoms with Crippen molar-refractivity contribution < 1.29 is 41.7 Å². The number of methoxy groups -OCH3 is 1. The molecule has 48 heavy (non-hydrogen) atoms. The summed E-state index contributed by atoms with van der Waals surface area (Å²) in [6.07, 6.45) is -0.613. The van der Waals surface area contributed by atoms with Gasteiger partial charge in [-0.3, -0.25) is 4.79 Å². The lowest BCUT2D eigenvalue weighted by atomic mass is 10.0. The van der Waals surface area contributed by atoms with Gasteiger partial charge in [0.05, 0.1) is 37.6 Å². The standard InChI is InChI=1S/C34H40N4O9S/c1-6-45-33(41)38(23-31(39)44-5)48(42,43)37(22-25-8-10-26-9-7-24(21-35)19-27(26)20-25)28-11-13-29(14-12-28)46-30-15-17-36(18-16-30)32(40)47-34(2,3)4/h7-14,19-20,30H,6,15-18,22-23H2,1-5H3. The number of esters is 1. The zero-order valence-corrected chi connectivity index (χ0v) is 28.5. The molecule has 0 atom stereocenters. The van der Waals surface area contributed by atoms with Gasteiger partial charge in [0.2, 0.25) is 0 Å². The van der Waals surface area contributed by atoms with E-state index in [1.807, 2.05) is 20.8 Å². The van der Waals surface area contributed by atoms with Crippen LogP contribution in [0.5, 0.6) is 5.75 Å². The van der Waals surface area contributed by atoms with E-state index in [1.165, 1.54) is 6.92 Å².